The highest BCUT2D eigenvalue weighted by Crippen LogP contribution is 2.36. The summed E-state index contributed by atoms with van der Waals surface area (Å²) in [5.74, 6) is -0.404. The second-order valence-corrected chi connectivity index (χ2v) is 6.54. The minimum atomic E-state index is -0.404. The van der Waals surface area contributed by atoms with Gasteiger partial charge in [0.15, 0.2) is 0 Å². The van der Waals surface area contributed by atoms with E-state index in [0.717, 1.165) is 4.90 Å². The first-order valence-corrected chi connectivity index (χ1v) is 7.55. The highest BCUT2D eigenvalue weighted by Gasteiger charge is 2.14. The van der Waals surface area contributed by atoms with E-state index in [1.165, 1.54) is 12.1 Å². The number of rotatable bonds is 4. The Kier molecular flexibility index (Phi) is 5.03. The van der Waals surface area contributed by atoms with E-state index >= 15 is 0 Å². The van der Waals surface area contributed by atoms with Crippen LogP contribution in [0.15, 0.2) is 40.0 Å². The lowest BCUT2D eigenvalue weighted by Crippen LogP contribution is -2.18. The Bertz CT molecular complexity index is 695. The third-order valence-electron chi connectivity index (χ3n) is 2.48. The van der Waals surface area contributed by atoms with Crippen LogP contribution < -0.4 is 10.9 Å². The zero-order valence-electron chi connectivity index (χ0n) is 11.5. The number of halogens is 1. The summed E-state index contributed by atoms with van der Waals surface area (Å²) in [6, 6.07) is 7.95. The van der Waals surface area contributed by atoms with Crippen molar-refractivity contribution < 1.29 is 4.79 Å². The number of H-pyrrole nitrogens is 1. The molecular weight excluding hydrogens is 310 g/mol. The number of thioether (sulfide) groups is 1. The summed E-state index contributed by atoms with van der Waals surface area (Å²) in [6.07, 6.45) is 0. The van der Waals surface area contributed by atoms with Gasteiger partial charge in [0.1, 0.15) is 5.69 Å². The van der Waals surface area contributed by atoms with Gasteiger partial charge in [-0.2, -0.15) is 5.10 Å². The van der Waals surface area contributed by atoms with Crippen LogP contribution in [-0.2, 0) is 0 Å². The van der Waals surface area contributed by atoms with Crippen molar-refractivity contribution in [2.24, 2.45) is 0 Å². The van der Waals surface area contributed by atoms with E-state index in [-0.39, 0.29) is 11.3 Å². The molecule has 21 heavy (non-hydrogen) atoms. The molecule has 0 radical (unpaired) electrons. The number of nitrogens with zero attached hydrogens (tertiary/aromatic N) is 1. The molecule has 0 aliphatic rings. The van der Waals surface area contributed by atoms with Crippen LogP contribution in [0.5, 0.6) is 0 Å². The Balaban J connectivity index is 2.26. The number of anilines is 1. The number of carbonyl (C=O) groups excluding carboxylic acids is 1. The number of hydrogen-bond donors (Lipinski definition) is 2. The van der Waals surface area contributed by atoms with Crippen LogP contribution in [0.25, 0.3) is 0 Å². The molecular formula is C14H14ClN3O2S. The van der Waals surface area contributed by atoms with Crippen molar-refractivity contribution in [1.82, 2.24) is 10.2 Å². The van der Waals surface area contributed by atoms with Crippen molar-refractivity contribution in [3.8, 4) is 0 Å². The molecule has 0 aliphatic carbocycles. The van der Waals surface area contributed by atoms with Crippen LogP contribution in [-0.4, -0.2) is 21.4 Å². The predicted octanol–water partition coefficient (Wildman–Crippen LogP) is 3.18. The monoisotopic (exact) mass is 323 g/mol. The molecule has 2 N–H and O–H groups in total. The van der Waals surface area contributed by atoms with Crippen molar-refractivity contribution in [3.63, 3.8) is 0 Å². The molecule has 1 aromatic carbocycles. The van der Waals surface area contributed by atoms with Crippen LogP contribution in [0, 0.1) is 0 Å². The third kappa shape index (κ3) is 4.09. The van der Waals surface area contributed by atoms with Gasteiger partial charge in [0.05, 0.1) is 10.7 Å². The molecule has 1 aromatic heterocycles. The number of benzene rings is 1. The van der Waals surface area contributed by atoms with Gasteiger partial charge in [-0.1, -0.05) is 31.5 Å². The molecule has 1 amide bonds. The summed E-state index contributed by atoms with van der Waals surface area (Å²) in [7, 11) is 0. The first kappa shape index (κ1) is 15.6. The predicted molar refractivity (Wildman–Crippen MR) is 85.3 cm³/mol. The maximum atomic E-state index is 12.1. The van der Waals surface area contributed by atoms with Gasteiger partial charge in [-0.25, -0.2) is 5.10 Å². The van der Waals surface area contributed by atoms with Crippen molar-refractivity contribution in [2.75, 3.05) is 5.32 Å². The molecule has 0 aliphatic heterocycles. The minimum Gasteiger partial charge on any atom is -0.320 e. The maximum Gasteiger partial charge on any atom is 0.276 e. The first-order chi connectivity index (χ1) is 9.97. The van der Waals surface area contributed by atoms with Crippen LogP contribution >= 0.6 is 23.4 Å². The van der Waals surface area contributed by atoms with Crippen molar-refractivity contribution in [2.45, 2.75) is 24.0 Å². The molecule has 0 unspecified atom stereocenters. The quantitative estimate of drug-likeness (QED) is 0.847. The zero-order chi connectivity index (χ0) is 15.4. The number of aromatic amines is 1. The van der Waals surface area contributed by atoms with Crippen LogP contribution in [0.1, 0.15) is 24.3 Å². The number of nitrogens with one attached hydrogen (secondary N) is 2. The molecule has 2 rings (SSSR count). The van der Waals surface area contributed by atoms with E-state index in [1.807, 2.05) is 13.8 Å². The summed E-state index contributed by atoms with van der Waals surface area (Å²) < 4.78 is 0. The van der Waals surface area contributed by atoms with Gasteiger partial charge >= 0.3 is 0 Å². The fourth-order valence-electron chi connectivity index (χ4n) is 1.62. The summed E-state index contributed by atoms with van der Waals surface area (Å²) in [6.45, 7) is 4.09. The Morgan fingerprint density at radius 1 is 1.33 bits per heavy atom. The fraction of sp³-hybridized carbons (Fsp3) is 0.214. The molecule has 0 atom stereocenters. The zero-order valence-corrected chi connectivity index (χ0v) is 13.1. The Morgan fingerprint density at radius 2 is 2.10 bits per heavy atom. The van der Waals surface area contributed by atoms with E-state index in [0.29, 0.717) is 16.0 Å². The van der Waals surface area contributed by atoms with Crippen molar-refractivity contribution in [3.05, 3.63) is 51.4 Å². The molecule has 0 fully saturated rings. The van der Waals surface area contributed by atoms with E-state index in [9.17, 15) is 9.59 Å². The number of hydrogen-bond acceptors (Lipinski definition) is 4. The maximum absolute atomic E-state index is 12.1. The van der Waals surface area contributed by atoms with E-state index < -0.39 is 5.91 Å². The van der Waals surface area contributed by atoms with E-state index in [2.05, 4.69) is 15.5 Å². The first-order valence-electron chi connectivity index (χ1n) is 6.29. The van der Waals surface area contributed by atoms with Gasteiger partial charge in [-0.15, -0.1) is 11.8 Å². The summed E-state index contributed by atoms with van der Waals surface area (Å²) in [4.78, 5) is 23.9. The number of aromatic nitrogens is 2. The van der Waals surface area contributed by atoms with Gasteiger partial charge in [-0.3, -0.25) is 9.59 Å². The Morgan fingerprint density at radius 3 is 2.71 bits per heavy atom. The molecule has 0 spiro atoms. The molecule has 0 saturated carbocycles. The largest absolute Gasteiger partial charge is 0.320 e. The van der Waals surface area contributed by atoms with Crippen molar-refractivity contribution >= 4 is 35.0 Å². The van der Waals surface area contributed by atoms with Gasteiger partial charge < -0.3 is 5.32 Å². The standard InChI is InChI=1S/C14H14ClN3O2S/c1-8(2)21-13-9(15)4-3-5-10(13)16-14(20)11-6-7-12(19)18-17-11/h3-8H,1-2H3,(H,16,20)(H,18,19). The number of carbonyl (C=O) groups is 1. The SMILES string of the molecule is CC(C)Sc1c(Cl)cccc1NC(=O)c1ccc(=O)[nH]n1. The van der Waals surface area contributed by atoms with Gasteiger partial charge in [0.25, 0.3) is 11.5 Å². The summed E-state index contributed by atoms with van der Waals surface area (Å²) >= 11 is 7.75. The van der Waals surface area contributed by atoms with Gasteiger partial charge in [-0.05, 0) is 18.2 Å². The fourth-order valence-corrected chi connectivity index (χ4v) is 2.83. The molecule has 7 heteroatoms. The molecule has 5 nitrogen and oxygen atoms in total. The Hall–Kier alpha value is -1.79. The smallest absolute Gasteiger partial charge is 0.276 e. The molecule has 110 valence electrons. The average molecular weight is 324 g/mol. The normalized spacial score (nSPS) is 10.7. The highest BCUT2D eigenvalue weighted by molar-refractivity contribution is 8.00. The summed E-state index contributed by atoms with van der Waals surface area (Å²) in [5.41, 5.74) is 0.402. The Labute approximate surface area is 131 Å². The lowest BCUT2D eigenvalue weighted by atomic mass is 10.3. The second kappa shape index (κ2) is 6.78. The molecule has 2 aromatic rings. The average Bonchev–Trinajstić information content (AvgIpc) is 2.43. The van der Waals surface area contributed by atoms with Crippen molar-refractivity contribution in [1.29, 1.82) is 0 Å². The van der Waals surface area contributed by atoms with E-state index in [1.54, 1.807) is 30.0 Å². The molecule has 1 heterocycles. The minimum absolute atomic E-state index is 0.134. The molecule has 0 bridgehead atoms. The third-order valence-corrected chi connectivity index (χ3v) is 4.05. The molecule has 0 saturated heterocycles. The van der Waals surface area contributed by atoms with E-state index in [4.69, 9.17) is 11.6 Å². The highest BCUT2D eigenvalue weighted by atomic mass is 35.5. The second-order valence-electron chi connectivity index (χ2n) is 4.54. The lowest BCUT2D eigenvalue weighted by Gasteiger charge is -2.13. The van der Waals surface area contributed by atoms with Crippen LogP contribution in [0.3, 0.4) is 0 Å². The van der Waals surface area contributed by atoms with Crippen LogP contribution in [0.4, 0.5) is 5.69 Å². The number of amides is 1. The lowest BCUT2D eigenvalue weighted by molar-refractivity contribution is 0.102. The van der Waals surface area contributed by atoms with Gasteiger partial charge in [0.2, 0.25) is 0 Å². The summed E-state index contributed by atoms with van der Waals surface area (Å²) in [5, 5.41) is 9.60. The van der Waals surface area contributed by atoms with Gasteiger partial charge in [0, 0.05) is 16.2 Å². The topological polar surface area (TPSA) is 74.8 Å². The van der Waals surface area contributed by atoms with Crippen LogP contribution in [0.2, 0.25) is 5.02 Å².